The fourth-order valence-electron chi connectivity index (χ4n) is 5.78. The Labute approximate surface area is 241 Å². The van der Waals surface area contributed by atoms with E-state index in [9.17, 15) is 19.5 Å². The van der Waals surface area contributed by atoms with E-state index in [1.54, 1.807) is 42.9 Å². The number of carbonyl (C=O) groups excluding carboxylic acids is 2. The number of carboxylic acids is 1. The van der Waals surface area contributed by atoms with Gasteiger partial charge in [0.15, 0.2) is 6.10 Å². The predicted octanol–water partition coefficient (Wildman–Crippen LogP) is 4.43. The standard InChI is InChI=1S/C28H31Cl2N3O7/c1-4-27(7-5-16(6-8-27)25(35)36)28(9-10-38-15-28)31-24(34)20-11-18-19(33(20)3)12-21(23(30)22(18)29)39-14-17-13-32(2)26(37)40-17/h5-8,11-12,16-17H,4,9-10,13-15H2,1-3H3,(H,31,34)(H,35,36). The summed E-state index contributed by atoms with van der Waals surface area (Å²) in [4.78, 5) is 38.4. The van der Waals surface area contributed by atoms with Gasteiger partial charge in [-0.3, -0.25) is 9.59 Å². The van der Waals surface area contributed by atoms with Crippen molar-refractivity contribution in [1.29, 1.82) is 0 Å². The fraction of sp³-hybridized carbons (Fsp3) is 0.464. The molecule has 3 aliphatic rings. The molecule has 40 heavy (non-hydrogen) atoms. The molecule has 2 unspecified atom stereocenters. The van der Waals surface area contributed by atoms with Gasteiger partial charge in [-0.15, -0.1) is 0 Å². The van der Waals surface area contributed by atoms with E-state index in [2.05, 4.69) is 5.32 Å². The Morgan fingerprint density at radius 2 is 1.93 bits per heavy atom. The van der Waals surface area contributed by atoms with Gasteiger partial charge in [0, 0.05) is 37.6 Å². The highest BCUT2D eigenvalue weighted by Crippen LogP contribution is 2.46. The molecule has 12 heteroatoms. The second-order valence-corrected chi connectivity index (χ2v) is 11.3. The number of carboxylic acid groups (broad SMARTS) is 1. The molecule has 214 valence electrons. The highest BCUT2D eigenvalue weighted by atomic mass is 35.5. The first-order valence-electron chi connectivity index (χ1n) is 13.0. The largest absolute Gasteiger partial charge is 0.488 e. The normalized spacial score (nSPS) is 27.8. The molecule has 2 atom stereocenters. The van der Waals surface area contributed by atoms with Crippen molar-refractivity contribution >= 4 is 52.1 Å². The Hall–Kier alpha value is -3.21. The van der Waals surface area contributed by atoms with Crippen LogP contribution in [0.2, 0.25) is 10.0 Å². The Morgan fingerprint density at radius 1 is 1.20 bits per heavy atom. The minimum atomic E-state index is -0.927. The maximum atomic E-state index is 13.8. The first-order chi connectivity index (χ1) is 19.0. The number of carbonyl (C=O) groups is 3. The van der Waals surface area contributed by atoms with Gasteiger partial charge in [0.1, 0.15) is 23.1 Å². The first-order valence-corrected chi connectivity index (χ1v) is 13.8. The maximum Gasteiger partial charge on any atom is 0.410 e. The van der Waals surface area contributed by atoms with Crippen LogP contribution in [0.25, 0.3) is 10.9 Å². The molecular formula is C28H31Cl2N3O7. The van der Waals surface area contributed by atoms with E-state index in [0.29, 0.717) is 48.3 Å². The van der Waals surface area contributed by atoms with Crippen molar-refractivity contribution in [2.45, 2.75) is 31.4 Å². The molecule has 1 aliphatic carbocycles. The molecule has 0 bridgehead atoms. The summed E-state index contributed by atoms with van der Waals surface area (Å²) in [6.07, 6.45) is 7.47. The lowest BCUT2D eigenvalue weighted by Crippen LogP contribution is -2.60. The summed E-state index contributed by atoms with van der Waals surface area (Å²) in [7, 11) is 3.40. The average Bonchev–Trinajstić information content (AvgIpc) is 3.63. The first kappa shape index (κ1) is 28.3. The summed E-state index contributed by atoms with van der Waals surface area (Å²) in [5, 5.41) is 13.7. The van der Waals surface area contributed by atoms with E-state index in [1.807, 2.05) is 19.1 Å². The Balaban J connectivity index is 1.43. The van der Waals surface area contributed by atoms with Crippen LogP contribution >= 0.6 is 23.2 Å². The summed E-state index contributed by atoms with van der Waals surface area (Å²) in [6, 6.07) is 3.40. The zero-order chi connectivity index (χ0) is 28.8. The zero-order valence-electron chi connectivity index (χ0n) is 22.4. The molecule has 2 saturated heterocycles. The van der Waals surface area contributed by atoms with Crippen molar-refractivity contribution in [1.82, 2.24) is 14.8 Å². The van der Waals surface area contributed by atoms with Gasteiger partial charge in [0.05, 0.1) is 35.1 Å². The van der Waals surface area contributed by atoms with Crippen molar-refractivity contribution in [3.63, 3.8) is 0 Å². The van der Waals surface area contributed by atoms with E-state index in [-0.39, 0.29) is 29.2 Å². The number of aromatic nitrogens is 1. The predicted molar refractivity (Wildman–Crippen MR) is 149 cm³/mol. The monoisotopic (exact) mass is 591 g/mol. The highest BCUT2D eigenvalue weighted by Gasteiger charge is 2.52. The number of ether oxygens (including phenoxy) is 3. The minimum Gasteiger partial charge on any atom is -0.488 e. The molecule has 0 saturated carbocycles. The zero-order valence-corrected chi connectivity index (χ0v) is 23.9. The third kappa shape index (κ3) is 4.71. The second kappa shape index (κ2) is 10.6. The van der Waals surface area contributed by atoms with Crippen molar-refractivity contribution in [3.8, 4) is 5.75 Å². The number of halogens is 2. The fourth-order valence-corrected chi connectivity index (χ4v) is 6.24. The number of hydrogen-bond donors (Lipinski definition) is 2. The number of benzene rings is 1. The quantitative estimate of drug-likeness (QED) is 0.436. The highest BCUT2D eigenvalue weighted by molar-refractivity contribution is 6.46. The number of likely N-dealkylation sites (N-methyl/N-ethyl adjacent to an activating group) is 1. The maximum absolute atomic E-state index is 13.8. The van der Waals surface area contributed by atoms with Crippen LogP contribution in [-0.4, -0.2) is 77.6 Å². The molecule has 1 aromatic heterocycles. The van der Waals surface area contributed by atoms with Crippen LogP contribution in [0.4, 0.5) is 4.79 Å². The second-order valence-electron chi connectivity index (χ2n) is 10.5. The minimum absolute atomic E-state index is 0.0980. The molecule has 3 heterocycles. The summed E-state index contributed by atoms with van der Waals surface area (Å²) in [5.41, 5.74) is -0.386. The molecule has 2 N–H and O–H groups in total. The van der Waals surface area contributed by atoms with Crippen LogP contribution in [0.15, 0.2) is 36.4 Å². The molecule has 0 spiro atoms. The summed E-state index contributed by atoms with van der Waals surface area (Å²) < 4.78 is 18.6. The number of aryl methyl sites for hydroxylation is 1. The van der Waals surface area contributed by atoms with Gasteiger partial charge in [-0.1, -0.05) is 54.4 Å². The number of rotatable bonds is 8. The molecular weight excluding hydrogens is 561 g/mol. The number of aliphatic carboxylic acids is 1. The molecule has 2 amide bonds. The van der Waals surface area contributed by atoms with Gasteiger partial charge in [-0.2, -0.15) is 0 Å². The van der Waals surface area contributed by atoms with Crippen molar-refractivity contribution in [2.24, 2.45) is 18.4 Å². The van der Waals surface area contributed by atoms with E-state index in [1.165, 1.54) is 4.90 Å². The third-order valence-corrected chi connectivity index (χ3v) is 9.11. The number of amides is 2. The van der Waals surface area contributed by atoms with Crippen LogP contribution in [0, 0.1) is 11.3 Å². The SMILES string of the molecule is CCC1(C2(NC(=O)c3cc4c(Cl)c(Cl)c(OCC5CN(C)C(=O)O5)cc4n3C)CCOC2)C=CC(C(=O)O)C=C1. The van der Waals surface area contributed by atoms with Gasteiger partial charge >= 0.3 is 12.1 Å². The molecule has 10 nitrogen and oxygen atoms in total. The van der Waals surface area contributed by atoms with Crippen LogP contribution in [-0.2, 0) is 21.3 Å². The van der Waals surface area contributed by atoms with Gasteiger partial charge in [0.2, 0.25) is 0 Å². The van der Waals surface area contributed by atoms with E-state index in [0.717, 1.165) is 0 Å². The van der Waals surface area contributed by atoms with Crippen LogP contribution in [0.1, 0.15) is 30.3 Å². The summed E-state index contributed by atoms with van der Waals surface area (Å²) in [5.74, 6) is -1.65. The van der Waals surface area contributed by atoms with Crippen molar-refractivity contribution in [2.75, 3.05) is 33.4 Å². The third-order valence-electron chi connectivity index (χ3n) is 8.24. The summed E-state index contributed by atoms with van der Waals surface area (Å²) >= 11 is 13.2. The van der Waals surface area contributed by atoms with Gasteiger partial charge < -0.3 is 34.1 Å². The van der Waals surface area contributed by atoms with E-state index in [4.69, 9.17) is 37.4 Å². The smallest absolute Gasteiger partial charge is 0.410 e. The van der Waals surface area contributed by atoms with Crippen LogP contribution < -0.4 is 10.1 Å². The molecule has 0 radical (unpaired) electrons. The lowest BCUT2D eigenvalue weighted by molar-refractivity contribution is -0.138. The molecule has 5 rings (SSSR count). The van der Waals surface area contributed by atoms with Gasteiger partial charge in [-0.05, 0) is 18.9 Å². The van der Waals surface area contributed by atoms with E-state index >= 15 is 0 Å². The van der Waals surface area contributed by atoms with E-state index < -0.39 is 35.0 Å². The number of hydrogen-bond acceptors (Lipinski definition) is 6. The van der Waals surface area contributed by atoms with Gasteiger partial charge in [-0.25, -0.2) is 4.79 Å². The number of nitrogens with zero attached hydrogens (tertiary/aromatic N) is 2. The molecule has 2 fully saturated rings. The number of fused-ring (bicyclic) bond motifs is 1. The Kier molecular flexibility index (Phi) is 7.54. The molecule has 1 aromatic carbocycles. The van der Waals surface area contributed by atoms with Crippen LogP contribution in [0.5, 0.6) is 5.75 Å². The Morgan fingerprint density at radius 3 is 2.50 bits per heavy atom. The molecule has 2 aromatic rings. The topological polar surface area (TPSA) is 119 Å². The van der Waals surface area contributed by atoms with Gasteiger partial charge in [0.25, 0.3) is 5.91 Å². The van der Waals surface area contributed by atoms with Crippen molar-refractivity contribution < 1.29 is 33.7 Å². The average molecular weight is 592 g/mol. The number of cyclic esters (lactones) is 1. The number of nitrogens with one attached hydrogen (secondary N) is 1. The van der Waals surface area contributed by atoms with Crippen LogP contribution in [0.3, 0.4) is 0 Å². The summed E-state index contributed by atoms with van der Waals surface area (Å²) in [6.45, 7) is 3.25. The lowest BCUT2D eigenvalue weighted by Gasteiger charge is -2.46. The molecule has 2 aliphatic heterocycles. The Bertz CT molecular complexity index is 1410. The van der Waals surface area contributed by atoms with Crippen molar-refractivity contribution in [3.05, 3.63) is 52.2 Å². The lowest BCUT2D eigenvalue weighted by atomic mass is 9.64.